The smallest absolute Gasteiger partial charge is 0.137 e. The Balaban J connectivity index is 1.76. The van der Waals surface area contributed by atoms with Crippen molar-refractivity contribution in [1.29, 1.82) is 0 Å². The lowest BCUT2D eigenvalue weighted by molar-refractivity contribution is 0.451. The van der Waals surface area contributed by atoms with Crippen molar-refractivity contribution in [3.05, 3.63) is 35.0 Å². The van der Waals surface area contributed by atoms with E-state index in [9.17, 15) is 0 Å². The van der Waals surface area contributed by atoms with E-state index in [2.05, 4.69) is 39.8 Å². The van der Waals surface area contributed by atoms with Crippen LogP contribution in [-0.2, 0) is 13.1 Å². The molecule has 1 unspecified atom stereocenters. The van der Waals surface area contributed by atoms with Crippen molar-refractivity contribution in [1.82, 2.24) is 20.1 Å². The molecule has 0 aliphatic carbocycles. The quantitative estimate of drug-likeness (QED) is 0.834. The number of aromatic nitrogens is 3. The van der Waals surface area contributed by atoms with Gasteiger partial charge < -0.3 is 5.32 Å². The SMILES string of the molecule is CC(Cn1cncn1)NCc1cccs1. The van der Waals surface area contributed by atoms with Crippen LogP contribution in [-0.4, -0.2) is 20.8 Å². The van der Waals surface area contributed by atoms with Crippen LogP contribution in [0.1, 0.15) is 11.8 Å². The van der Waals surface area contributed by atoms with Crippen molar-refractivity contribution in [3.63, 3.8) is 0 Å². The van der Waals surface area contributed by atoms with E-state index in [1.807, 2.05) is 4.68 Å². The average molecular weight is 222 g/mol. The standard InChI is InChI=1S/C10H14N4S/c1-9(6-14-8-11-7-13-14)12-5-10-3-2-4-15-10/h2-4,7-9,12H,5-6H2,1H3. The third-order valence-electron chi connectivity index (χ3n) is 2.13. The number of rotatable bonds is 5. The fourth-order valence-electron chi connectivity index (χ4n) is 1.36. The molecular weight excluding hydrogens is 208 g/mol. The largest absolute Gasteiger partial charge is 0.308 e. The van der Waals surface area contributed by atoms with Gasteiger partial charge in [-0.1, -0.05) is 6.07 Å². The molecule has 1 atom stereocenters. The maximum absolute atomic E-state index is 4.07. The summed E-state index contributed by atoms with van der Waals surface area (Å²) in [5.41, 5.74) is 0. The molecule has 15 heavy (non-hydrogen) atoms. The summed E-state index contributed by atoms with van der Waals surface area (Å²) in [7, 11) is 0. The van der Waals surface area contributed by atoms with E-state index in [0.717, 1.165) is 13.1 Å². The van der Waals surface area contributed by atoms with Crippen LogP contribution in [0, 0.1) is 0 Å². The number of hydrogen-bond donors (Lipinski definition) is 1. The Morgan fingerprint density at radius 2 is 2.53 bits per heavy atom. The van der Waals surface area contributed by atoms with E-state index in [-0.39, 0.29) is 0 Å². The Hall–Kier alpha value is -1.20. The van der Waals surface area contributed by atoms with Crippen LogP contribution in [0.15, 0.2) is 30.2 Å². The topological polar surface area (TPSA) is 42.7 Å². The summed E-state index contributed by atoms with van der Waals surface area (Å²) in [6.45, 7) is 3.92. The zero-order valence-electron chi connectivity index (χ0n) is 8.63. The third kappa shape index (κ3) is 3.14. The average Bonchev–Trinajstić information content (AvgIpc) is 2.86. The zero-order valence-corrected chi connectivity index (χ0v) is 9.44. The lowest BCUT2D eigenvalue weighted by Crippen LogP contribution is -2.29. The molecule has 4 nitrogen and oxygen atoms in total. The molecule has 80 valence electrons. The molecule has 0 aromatic carbocycles. The number of thiophene rings is 1. The molecule has 0 radical (unpaired) electrons. The van der Waals surface area contributed by atoms with Gasteiger partial charge >= 0.3 is 0 Å². The molecule has 0 saturated carbocycles. The molecular formula is C10H14N4S. The van der Waals surface area contributed by atoms with Crippen LogP contribution in [0.25, 0.3) is 0 Å². The summed E-state index contributed by atoms with van der Waals surface area (Å²) < 4.78 is 1.84. The fourth-order valence-corrected chi connectivity index (χ4v) is 2.02. The molecule has 0 aliphatic rings. The van der Waals surface area contributed by atoms with Gasteiger partial charge in [0.25, 0.3) is 0 Å². The molecule has 2 rings (SSSR count). The first kappa shape index (κ1) is 10.3. The van der Waals surface area contributed by atoms with E-state index in [1.54, 1.807) is 24.0 Å². The molecule has 0 fully saturated rings. The van der Waals surface area contributed by atoms with Crippen molar-refractivity contribution in [2.24, 2.45) is 0 Å². The summed E-state index contributed by atoms with van der Waals surface area (Å²) in [6, 6.07) is 4.61. The van der Waals surface area contributed by atoms with Crippen LogP contribution in [0.3, 0.4) is 0 Å². The first-order valence-corrected chi connectivity index (χ1v) is 5.81. The van der Waals surface area contributed by atoms with Gasteiger partial charge in [0.2, 0.25) is 0 Å². The Morgan fingerprint density at radius 1 is 1.60 bits per heavy atom. The van der Waals surface area contributed by atoms with Crippen LogP contribution in [0.4, 0.5) is 0 Å². The molecule has 0 saturated heterocycles. The maximum atomic E-state index is 4.07. The lowest BCUT2D eigenvalue weighted by Gasteiger charge is -2.12. The van der Waals surface area contributed by atoms with Crippen LogP contribution < -0.4 is 5.32 Å². The second-order valence-corrected chi connectivity index (χ2v) is 4.51. The Bertz CT molecular complexity index is 368. The van der Waals surface area contributed by atoms with E-state index in [4.69, 9.17) is 0 Å². The van der Waals surface area contributed by atoms with Gasteiger partial charge in [-0.25, -0.2) is 4.98 Å². The molecule has 0 spiro atoms. The Kier molecular flexibility index (Phi) is 3.47. The summed E-state index contributed by atoms with van der Waals surface area (Å²) in [6.07, 6.45) is 3.30. The van der Waals surface area contributed by atoms with Crippen molar-refractivity contribution in [2.45, 2.75) is 26.1 Å². The van der Waals surface area contributed by atoms with Gasteiger partial charge in [0.05, 0.1) is 6.54 Å². The van der Waals surface area contributed by atoms with Gasteiger partial charge in [-0.05, 0) is 18.4 Å². The number of hydrogen-bond acceptors (Lipinski definition) is 4. The first-order valence-electron chi connectivity index (χ1n) is 4.93. The Labute approximate surface area is 93.0 Å². The summed E-state index contributed by atoms with van der Waals surface area (Å²) in [5.74, 6) is 0. The van der Waals surface area contributed by atoms with Gasteiger partial charge in [-0.15, -0.1) is 11.3 Å². The predicted molar refractivity (Wildman–Crippen MR) is 60.6 cm³/mol. The van der Waals surface area contributed by atoms with Gasteiger partial charge in [-0.2, -0.15) is 5.10 Å². The van der Waals surface area contributed by atoms with E-state index in [0.29, 0.717) is 6.04 Å². The highest BCUT2D eigenvalue weighted by Gasteiger charge is 2.03. The highest BCUT2D eigenvalue weighted by Crippen LogP contribution is 2.07. The van der Waals surface area contributed by atoms with Crippen molar-refractivity contribution in [3.8, 4) is 0 Å². The lowest BCUT2D eigenvalue weighted by atomic mass is 10.3. The van der Waals surface area contributed by atoms with E-state index in [1.165, 1.54) is 4.88 Å². The maximum Gasteiger partial charge on any atom is 0.137 e. The molecule has 0 bridgehead atoms. The van der Waals surface area contributed by atoms with Gasteiger partial charge in [0.1, 0.15) is 12.7 Å². The molecule has 0 aliphatic heterocycles. The second-order valence-electron chi connectivity index (χ2n) is 3.48. The van der Waals surface area contributed by atoms with Crippen molar-refractivity contribution < 1.29 is 0 Å². The summed E-state index contributed by atoms with van der Waals surface area (Å²) >= 11 is 1.78. The molecule has 0 amide bonds. The fraction of sp³-hybridized carbons (Fsp3) is 0.400. The molecule has 5 heteroatoms. The van der Waals surface area contributed by atoms with Crippen molar-refractivity contribution in [2.75, 3.05) is 0 Å². The first-order chi connectivity index (χ1) is 7.34. The highest BCUT2D eigenvalue weighted by atomic mass is 32.1. The zero-order chi connectivity index (χ0) is 10.5. The van der Waals surface area contributed by atoms with Crippen LogP contribution in [0.2, 0.25) is 0 Å². The minimum atomic E-state index is 0.397. The molecule has 2 aromatic rings. The molecule has 2 aromatic heterocycles. The molecule has 2 heterocycles. The normalized spacial score (nSPS) is 12.9. The van der Waals surface area contributed by atoms with E-state index < -0.39 is 0 Å². The summed E-state index contributed by atoms with van der Waals surface area (Å²) in [5, 5.41) is 9.61. The number of nitrogens with one attached hydrogen (secondary N) is 1. The minimum Gasteiger partial charge on any atom is -0.308 e. The van der Waals surface area contributed by atoms with Gasteiger partial charge in [0, 0.05) is 17.5 Å². The minimum absolute atomic E-state index is 0.397. The van der Waals surface area contributed by atoms with E-state index >= 15 is 0 Å². The van der Waals surface area contributed by atoms with Gasteiger partial charge in [-0.3, -0.25) is 4.68 Å². The summed E-state index contributed by atoms with van der Waals surface area (Å²) in [4.78, 5) is 5.27. The predicted octanol–water partition coefficient (Wildman–Crippen LogP) is 1.52. The monoisotopic (exact) mass is 222 g/mol. The van der Waals surface area contributed by atoms with Crippen molar-refractivity contribution >= 4 is 11.3 Å². The van der Waals surface area contributed by atoms with Crippen LogP contribution in [0.5, 0.6) is 0 Å². The van der Waals surface area contributed by atoms with Crippen LogP contribution >= 0.6 is 11.3 Å². The second kappa shape index (κ2) is 5.04. The Morgan fingerprint density at radius 3 is 3.20 bits per heavy atom. The number of nitrogens with zero attached hydrogens (tertiary/aromatic N) is 3. The molecule has 1 N–H and O–H groups in total. The third-order valence-corrected chi connectivity index (χ3v) is 3.01. The van der Waals surface area contributed by atoms with Gasteiger partial charge in [0.15, 0.2) is 0 Å². The highest BCUT2D eigenvalue weighted by molar-refractivity contribution is 7.09.